The number of amides is 1. The van der Waals surface area contributed by atoms with Crippen molar-refractivity contribution in [2.24, 2.45) is 5.92 Å². The number of piperidine rings is 1. The number of carbonyl (C=O) groups excluding carboxylic acids is 1. The molecule has 0 unspecified atom stereocenters. The summed E-state index contributed by atoms with van der Waals surface area (Å²) in [4.78, 5) is 13.5. The van der Waals surface area contributed by atoms with Crippen molar-refractivity contribution in [1.82, 2.24) is 10.2 Å². The molecule has 1 aromatic carbocycles. The molecule has 20 heavy (non-hydrogen) atoms. The van der Waals surface area contributed by atoms with Gasteiger partial charge in [0.1, 0.15) is 5.82 Å². The van der Waals surface area contributed by atoms with E-state index in [2.05, 4.69) is 16.8 Å². The highest BCUT2D eigenvalue weighted by Crippen LogP contribution is 2.18. The van der Waals surface area contributed by atoms with E-state index in [9.17, 15) is 9.18 Å². The van der Waals surface area contributed by atoms with E-state index < -0.39 is 0 Å². The van der Waals surface area contributed by atoms with Crippen molar-refractivity contribution in [3.63, 3.8) is 0 Å². The fourth-order valence-corrected chi connectivity index (χ4v) is 2.51. The van der Waals surface area contributed by atoms with Crippen LogP contribution in [0.2, 0.25) is 0 Å². The second-order valence-electron chi connectivity index (χ2n) is 5.30. The molecule has 0 spiro atoms. The van der Waals surface area contributed by atoms with Crippen molar-refractivity contribution < 1.29 is 9.18 Å². The molecule has 2 rings (SSSR count). The van der Waals surface area contributed by atoms with Crippen LogP contribution in [0.3, 0.4) is 0 Å². The molecule has 3 nitrogen and oxygen atoms in total. The Bertz CT molecular complexity index is 450. The van der Waals surface area contributed by atoms with E-state index in [0.717, 1.165) is 44.6 Å². The molecule has 0 radical (unpaired) electrons. The first kappa shape index (κ1) is 14.7. The highest BCUT2D eigenvalue weighted by Gasteiger charge is 2.19. The van der Waals surface area contributed by atoms with Crippen LogP contribution in [0.15, 0.2) is 36.9 Å². The Kier molecular flexibility index (Phi) is 5.30. The summed E-state index contributed by atoms with van der Waals surface area (Å²) in [7, 11) is 0. The Balaban J connectivity index is 1.72. The Hall–Kier alpha value is -1.68. The van der Waals surface area contributed by atoms with Crippen LogP contribution in [0.25, 0.3) is 0 Å². The van der Waals surface area contributed by atoms with Crippen LogP contribution >= 0.6 is 0 Å². The van der Waals surface area contributed by atoms with Gasteiger partial charge in [0.05, 0.1) is 0 Å². The van der Waals surface area contributed by atoms with Crippen LogP contribution in [-0.2, 0) is 11.3 Å². The van der Waals surface area contributed by atoms with Crippen LogP contribution in [-0.4, -0.2) is 30.4 Å². The summed E-state index contributed by atoms with van der Waals surface area (Å²) in [5.74, 6) is 0.257. The summed E-state index contributed by atoms with van der Waals surface area (Å²) >= 11 is 0. The maximum Gasteiger partial charge on any atom is 0.243 e. The monoisotopic (exact) mass is 276 g/mol. The minimum atomic E-state index is -0.189. The highest BCUT2D eigenvalue weighted by atomic mass is 19.1. The number of halogens is 1. The van der Waals surface area contributed by atoms with Gasteiger partial charge >= 0.3 is 0 Å². The number of hydrogen-bond donors (Lipinski definition) is 1. The quantitative estimate of drug-likeness (QED) is 0.837. The number of hydrogen-bond acceptors (Lipinski definition) is 2. The van der Waals surface area contributed by atoms with E-state index in [4.69, 9.17) is 0 Å². The number of likely N-dealkylation sites (tertiary alicyclic amines) is 1. The number of nitrogens with one attached hydrogen (secondary N) is 1. The Morgan fingerprint density at radius 3 is 2.60 bits per heavy atom. The lowest BCUT2D eigenvalue weighted by Gasteiger charge is -2.32. The first-order valence-electron chi connectivity index (χ1n) is 7.04. The van der Waals surface area contributed by atoms with E-state index in [1.54, 1.807) is 0 Å². The average molecular weight is 276 g/mol. The van der Waals surface area contributed by atoms with Gasteiger partial charge in [0.25, 0.3) is 0 Å². The summed E-state index contributed by atoms with van der Waals surface area (Å²) in [6.45, 7) is 7.08. The Labute approximate surface area is 119 Å². The molecule has 1 heterocycles. The zero-order chi connectivity index (χ0) is 14.4. The van der Waals surface area contributed by atoms with Crippen LogP contribution < -0.4 is 5.32 Å². The zero-order valence-electron chi connectivity index (χ0n) is 11.6. The summed E-state index contributed by atoms with van der Waals surface area (Å²) < 4.78 is 12.8. The number of benzene rings is 1. The number of rotatable bonds is 5. The molecule has 0 bridgehead atoms. The van der Waals surface area contributed by atoms with Gasteiger partial charge in [-0.3, -0.25) is 9.69 Å². The standard InChI is InChI=1S/C16H21FN2O/c1-2-16(20)18-11-13-7-9-19(10-8-13)12-14-3-5-15(17)6-4-14/h2-6,13H,1,7-12H2,(H,18,20). The lowest BCUT2D eigenvalue weighted by atomic mass is 9.96. The predicted octanol–water partition coefficient (Wildman–Crippen LogP) is 2.34. The van der Waals surface area contributed by atoms with Crippen molar-refractivity contribution in [3.05, 3.63) is 48.3 Å². The van der Waals surface area contributed by atoms with Gasteiger partial charge in [0, 0.05) is 13.1 Å². The molecule has 0 saturated carbocycles. The average Bonchev–Trinajstić information content (AvgIpc) is 2.48. The third kappa shape index (κ3) is 4.46. The second kappa shape index (κ2) is 7.20. The molecular formula is C16H21FN2O. The SMILES string of the molecule is C=CC(=O)NCC1CCN(Cc2ccc(F)cc2)CC1. The molecule has 1 aliphatic heterocycles. The third-order valence-corrected chi connectivity index (χ3v) is 3.78. The smallest absolute Gasteiger partial charge is 0.243 e. The summed E-state index contributed by atoms with van der Waals surface area (Å²) in [6, 6.07) is 6.69. The van der Waals surface area contributed by atoms with E-state index in [-0.39, 0.29) is 11.7 Å². The van der Waals surface area contributed by atoms with Crippen LogP contribution in [0, 0.1) is 11.7 Å². The van der Waals surface area contributed by atoms with Gasteiger partial charge in [0.2, 0.25) is 5.91 Å². The fraction of sp³-hybridized carbons (Fsp3) is 0.438. The van der Waals surface area contributed by atoms with Gasteiger partial charge in [0.15, 0.2) is 0 Å². The minimum Gasteiger partial charge on any atom is -0.352 e. The predicted molar refractivity (Wildman–Crippen MR) is 77.6 cm³/mol. The molecule has 1 fully saturated rings. The molecule has 0 atom stereocenters. The van der Waals surface area contributed by atoms with Crippen molar-refractivity contribution in [2.45, 2.75) is 19.4 Å². The Morgan fingerprint density at radius 2 is 2.00 bits per heavy atom. The van der Waals surface area contributed by atoms with Crippen molar-refractivity contribution in [1.29, 1.82) is 0 Å². The number of carbonyl (C=O) groups is 1. The van der Waals surface area contributed by atoms with Gasteiger partial charge in [-0.15, -0.1) is 0 Å². The Morgan fingerprint density at radius 1 is 1.35 bits per heavy atom. The topological polar surface area (TPSA) is 32.3 Å². The summed E-state index contributed by atoms with van der Waals surface area (Å²) in [6.07, 6.45) is 3.47. The number of nitrogens with zero attached hydrogens (tertiary/aromatic N) is 1. The fourth-order valence-electron chi connectivity index (χ4n) is 2.51. The van der Waals surface area contributed by atoms with Crippen LogP contribution in [0.5, 0.6) is 0 Å². The molecule has 0 aliphatic carbocycles. The van der Waals surface area contributed by atoms with E-state index in [0.29, 0.717) is 5.92 Å². The third-order valence-electron chi connectivity index (χ3n) is 3.78. The molecule has 0 aromatic heterocycles. The molecule has 108 valence electrons. The lowest BCUT2D eigenvalue weighted by Crippen LogP contribution is -2.37. The molecular weight excluding hydrogens is 255 g/mol. The largest absolute Gasteiger partial charge is 0.352 e. The van der Waals surface area contributed by atoms with Gasteiger partial charge in [-0.25, -0.2) is 4.39 Å². The lowest BCUT2D eigenvalue weighted by molar-refractivity contribution is -0.116. The van der Waals surface area contributed by atoms with Gasteiger partial charge < -0.3 is 5.32 Å². The molecule has 1 N–H and O–H groups in total. The van der Waals surface area contributed by atoms with Gasteiger partial charge in [-0.1, -0.05) is 18.7 Å². The van der Waals surface area contributed by atoms with Crippen LogP contribution in [0.4, 0.5) is 4.39 Å². The first-order valence-corrected chi connectivity index (χ1v) is 7.04. The zero-order valence-corrected chi connectivity index (χ0v) is 11.6. The first-order chi connectivity index (χ1) is 9.67. The van der Waals surface area contributed by atoms with Crippen LogP contribution in [0.1, 0.15) is 18.4 Å². The molecule has 1 aromatic rings. The van der Waals surface area contributed by atoms with Crippen molar-refractivity contribution >= 4 is 5.91 Å². The summed E-state index contributed by atoms with van der Waals surface area (Å²) in [5.41, 5.74) is 1.14. The molecule has 4 heteroatoms. The van der Waals surface area contributed by atoms with E-state index in [1.807, 2.05) is 12.1 Å². The maximum atomic E-state index is 12.8. The summed E-state index contributed by atoms with van der Waals surface area (Å²) in [5, 5.41) is 2.86. The maximum absolute atomic E-state index is 12.8. The van der Waals surface area contributed by atoms with E-state index in [1.165, 1.54) is 18.2 Å². The molecule has 1 saturated heterocycles. The highest BCUT2D eigenvalue weighted by molar-refractivity contribution is 5.86. The second-order valence-corrected chi connectivity index (χ2v) is 5.30. The minimum absolute atomic E-state index is 0.0984. The van der Waals surface area contributed by atoms with Crippen molar-refractivity contribution in [2.75, 3.05) is 19.6 Å². The van der Waals surface area contributed by atoms with Gasteiger partial charge in [-0.2, -0.15) is 0 Å². The normalized spacial score (nSPS) is 16.9. The molecule has 1 aliphatic rings. The van der Waals surface area contributed by atoms with Gasteiger partial charge in [-0.05, 0) is 55.6 Å². The molecule has 1 amide bonds. The van der Waals surface area contributed by atoms with E-state index >= 15 is 0 Å². The van der Waals surface area contributed by atoms with Crippen molar-refractivity contribution in [3.8, 4) is 0 Å².